The lowest BCUT2D eigenvalue weighted by molar-refractivity contribution is -0.123. The first kappa shape index (κ1) is 11.5. The number of rotatable bonds is 4. The van der Waals surface area contributed by atoms with E-state index in [0.717, 1.165) is 25.7 Å². The quantitative estimate of drug-likeness (QED) is 0.625. The van der Waals surface area contributed by atoms with Crippen LogP contribution in [0.25, 0.3) is 0 Å². The van der Waals surface area contributed by atoms with Crippen LogP contribution >= 0.6 is 0 Å². The molecule has 3 unspecified atom stereocenters. The molecule has 14 heavy (non-hydrogen) atoms. The van der Waals surface area contributed by atoms with Gasteiger partial charge in [-0.3, -0.25) is 4.79 Å². The second kappa shape index (κ2) is 5.33. The minimum Gasteiger partial charge on any atom is -0.299 e. The van der Waals surface area contributed by atoms with Gasteiger partial charge >= 0.3 is 0 Å². The average molecular weight is 194 g/mol. The number of Topliss-reactive ketones (excluding diaryl/α,β-unsaturated/α-hetero) is 1. The number of carbonyl (C=O) groups excluding carboxylic acids is 1. The second-order valence-corrected chi connectivity index (χ2v) is 4.43. The smallest absolute Gasteiger partial charge is 0.139 e. The summed E-state index contributed by atoms with van der Waals surface area (Å²) in [6, 6.07) is 0. The summed E-state index contributed by atoms with van der Waals surface area (Å²) in [5, 5.41) is 0. The van der Waals surface area contributed by atoms with Crippen LogP contribution in [0.1, 0.15) is 46.5 Å². The third kappa shape index (κ3) is 2.46. The van der Waals surface area contributed by atoms with Gasteiger partial charge in [0.2, 0.25) is 0 Å². The fourth-order valence-electron chi connectivity index (χ4n) is 2.50. The lowest BCUT2D eigenvalue weighted by Gasteiger charge is -2.13. The normalized spacial score (nSPS) is 33.1. The first-order valence-corrected chi connectivity index (χ1v) is 5.89. The molecule has 0 amide bonds. The molecule has 3 atom stereocenters. The number of hydrogen-bond donors (Lipinski definition) is 0. The van der Waals surface area contributed by atoms with Gasteiger partial charge in [0.25, 0.3) is 0 Å². The highest BCUT2D eigenvalue weighted by Crippen LogP contribution is 2.37. The molecule has 80 valence electrons. The van der Waals surface area contributed by atoms with Gasteiger partial charge in [0, 0.05) is 11.8 Å². The Balaban J connectivity index is 2.55. The molecule has 1 fully saturated rings. The van der Waals surface area contributed by atoms with E-state index in [1.165, 1.54) is 0 Å². The van der Waals surface area contributed by atoms with Crippen molar-refractivity contribution < 1.29 is 4.79 Å². The Morgan fingerprint density at radius 3 is 2.64 bits per heavy atom. The highest BCUT2D eigenvalue weighted by Gasteiger charge is 2.37. The second-order valence-electron chi connectivity index (χ2n) is 4.43. The molecule has 0 saturated heterocycles. The van der Waals surface area contributed by atoms with E-state index in [1.54, 1.807) is 0 Å². The Bertz CT molecular complexity index is 217. The minimum absolute atomic E-state index is 0.306. The van der Waals surface area contributed by atoms with Crippen molar-refractivity contribution in [2.75, 3.05) is 0 Å². The summed E-state index contributed by atoms with van der Waals surface area (Å²) >= 11 is 0. The van der Waals surface area contributed by atoms with E-state index in [-0.39, 0.29) is 0 Å². The molecule has 0 aromatic heterocycles. The van der Waals surface area contributed by atoms with E-state index in [1.807, 2.05) is 0 Å². The largest absolute Gasteiger partial charge is 0.299 e. The first-order valence-electron chi connectivity index (χ1n) is 5.89. The molecule has 1 aliphatic carbocycles. The summed E-state index contributed by atoms with van der Waals surface area (Å²) < 4.78 is 0. The Labute approximate surface area is 87.6 Å². The molecule has 1 nitrogen and oxygen atoms in total. The maximum Gasteiger partial charge on any atom is 0.139 e. The standard InChI is InChI=1S/C13H22O/c1-4-6-7-8-12-11(5-2)9-10(3)13(12)14/h6-7,10-12H,4-5,8-9H2,1-3H3/b7-6+. The van der Waals surface area contributed by atoms with Gasteiger partial charge in [0.1, 0.15) is 5.78 Å². The summed E-state index contributed by atoms with van der Waals surface area (Å²) in [6.45, 7) is 6.41. The van der Waals surface area contributed by atoms with Crippen LogP contribution in [0, 0.1) is 17.8 Å². The molecule has 0 heterocycles. The Morgan fingerprint density at radius 2 is 2.07 bits per heavy atom. The van der Waals surface area contributed by atoms with E-state index in [2.05, 4.69) is 32.9 Å². The predicted octanol–water partition coefficient (Wildman–Crippen LogP) is 3.59. The van der Waals surface area contributed by atoms with Crippen LogP contribution in [0.3, 0.4) is 0 Å². The summed E-state index contributed by atoms with van der Waals surface area (Å²) in [5.41, 5.74) is 0. The first-order chi connectivity index (χ1) is 6.70. The van der Waals surface area contributed by atoms with Crippen LogP contribution in [0.5, 0.6) is 0 Å². The fraction of sp³-hybridized carbons (Fsp3) is 0.769. The molecular weight excluding hydrogens is 172 g/mol. The van der Waals surface area contributed by atoms with Crippen molar-refractivity contribution in [3.63, 3.8) is 0 Å². The molecule has 1 aliphatic rings. The van der Waals surface area contributed by atoms with Crippen molar-refractivity contribution in [2.45, 2.75) is 46.5 Å². The van der Waals surface area contributed by atoms with Gasteiger partial charge in [0.05, 0.1) is 0 Å². The van der Waals surface area contributed by atoms with Gasteiger partial charge in [-0.1, -0.05) is 39.3 Å². The van der Waals surface area contributed by atoms with Crippen LogP contribution in [0.15, 0.2) is 12.2 Å². The van der Waals surface area contributed by atoms with Crippen molar-refractivity contribution in [3.8, 4) is 0 Å². The molecule has 0 spiro atoms. The van der Waals surface area contributed by atoms with Crippen molar-refractivity contribution >= 4 is 5.78 Å². The molecule has 0 bridgehead atoms. The van der Waals surface area contributed by atoms with E-state index < -0.39 is 0 Å². The van der Waals surface area contributed by atoms with Crippen LogP contribution < -0.4 is 0 Å². The molecular formula is C13H22O. The molecule has 0 radical (unpaired) electrons. The molecule has 1 saturated carbocycles. The monoisotopic (exact) mass is 194 g/mol. The van der Waals surface area contributed by atoms with E-state index in [0.29, 0.717) is 23.5 Å². The van der Waals surface area contributed by atoms with Crippen molar-refractivity contribution in [2.24, 2.45) is 17.8 Å². The van der Waals surface area contributed by atoms with Gasteiger partial charge in [-0.25, -0.2) is 0 Å². The highest BCUT2D eigenvalue weighted by atomic mass is 16.1. The summed E-state index contributed by atoms with van der Waals surface area (Å²) in [4.78, 5) is 11.8. The van der Waals surface area contributed by atoms with Crippen LogP contribution in [0.2, 0.25) is 0 Å². The summed E-state index contributed by atoms with van der Waals surface area (Å²) in [6.07, 6.45) is 8.66. The Hall–Kier alpha value is -0.590. The van der Waals surface area contributed by atoms with Crippen LogP contribution in [-0.2, 0) is 4.79 Å². The summed E-state index contributed by atoms with van der Waals surface area (Å²) in [7, 11) is 0. The van der Waals surface area contributed by atoms with Crippen molar-refractivity contribution in [1.82, 2.24) is 0 Å². The number of allylic oxidation sites excluding steroid dienone is 2. The van der Waals surface area contributed by atoms with Gasteiger partial charge in [-0.2, -0.15) is 0 Å². The van der Waals surface area contributed by atoms with Crippen LogP contribution in [-0.4, -0.2) is 5.78 Å². The molecule has 1 rings (SSSR count). The molecule has 0 aromatic carbocycles. The molecule has 0 aliphatic heterocycles. The molecule has 0 aromatic rings. The van der Waals surface area contributed by atoms with E-state index >= 15 is 0 Å². The molecule has 1 heteroatoms. The van der Waals surface area contributed by atoms with E-state index in [4.69, 9.17) is 0 Å². The Kier molecular flexibility index (Phi) is 4.37. The summed E-state index contributed by atoms with van der Waals surface area (Å²) in [5.74, 6) is 1.76. The average Bonchev–Trinajstić information content (AvgIpc) is 2.45. The zero-order valence-corrected chi connectivity index (χ0v) is 9.62. The minimum atomic E-state index is 0.306. The van der Waals surface area contributed by atoms with E-state index in [9.17, 15) is 4.79 Å². The molecule has 0 N–H and O–H groups in total. The van der Waals surface area contributed by atoms with Gasteiger partial charge in [-0.15, -0.1) is 0 Å². The SMILES string of the molecule is CC/C=C/CC1C(=O)C(C)CC1CC. The highest BCUT2D eigenvalue weighted by molar-refractivity contribution is 5.85. The third-order valence-corrected chi connectivity index (χ3v) is 3.39. The lowest BCUT2D eigenvalue weighted by atomic mass is 9.90. The maximum atomic E-state index is 11.8. The topological polar surface area (TPSA) is 17.1 Å². The third-order valence-electron chi connectivity index (χ3n) is 3.39. The Morgan fingerprint density at radius 1 is 1.36 bits per heavy atom. The van der Waals surface area contributed by atoms with Crippen molar-refractivity contribution in [3.05, 3.63) is 12.2 Å². The number of hydrogen-bond acceptors (Lipinski definition) is 1. The fourth-order valence-corrected chi connectivity index (χ4v) is 2.50. The lowest BCUT2D eigenvalue weighted by Crippen LogP contribution is -2.15. The number of ketones is 1. The predicted molar refractivity (Wildman–Crippen MR) is 60.1 cm³/mol. The number of carbonyl (C=O) groups is 1. The van der Waals surface area contributed by atoms with Gasteiger partial charge < -0.3 is 0 Å². The van der Waals surface area contributed by atoms with Crippen LogP contribution in [0.4, 0.5) is 0 Å². The zero-order chi connectivity index (χ0) is 10.6. The zero-order valence-electron chi connectivity index (χ0n) is 9.62. The van der Waals surface area contributed by atoms with Crippen molar-refractivity contribution in [1.29, 1.82) is 0 Å². The van der Waals surface area contributed by atoms with Gasteiger partial charge in [0.15, 0.2) is 0 Å². The maximum absolute atomic E-state index is 11.8. The van der Waals surface area contributed by atoms with Gasteiger partial charge in [-0.05, 0) is 25.2 Å².